The summed E-state index contributed by atoms with van der Waals surface area (Å²) >= 11 is 5.95. The van der Waals surface area contributed by atoms with Crippen LogP contribution in [0.3, 0.4) is 0 Å². The normalized spacial score (nSPS) is 11.3. The maximum absolute atomic E-state index is 12.1. The molecule has 2 rings (SSSR count). The molecule has 1 aromatic heterocycles. The Morgan fingerprint density at radius 2 is 1.91 bits per heavy atom. The van der Waals surface area contributed by atoms with Gasteiger partial charge in [-0.2, -0.15) is 8.42 Å². The van der Waals surface area contributed by atoms with Gasteiger partial charge in [-0.15, -0.1) is 0 Å². The molecule has 0 N–H and O–H groups in total. The fraction of sp³-hybridized carbons (Fsp3) is 0.200. The Labute approximate surface area is 139 Å². The van der Waals surface area contributed by atoms with Gasteiger partial charge in [-0.25, -0.2) is 9.78 Å². The average Bonchev–Trinajstić information content (AvgIpc) is 2.54. The standard InChI is InChI=1S/C15H14ClNO5S/c1-10-3-5-12(6-4-10)23(19,20)22-9-11-7-14(15(18)21-2)17-8-13(11)16/h3-8H,9H2,1-2H3. The second-order valence-corrected chi connectivity index (χ2v) is 6.70. The number of hydrogen-bond donors (Lipinski definition) is 0. The average molecular weight is 356 g/mol. The van der Waals surface area contributed by atoms with Crippen molar-refractivity contribution in [2.45, 2.75) is 18.4 Å². The zero-order valence-corrected chi connectivity index (χ0v) is 14.0. The molecule has 0 saturated carbocycles. The molecule has 0 aliphatic rings. The Morgan fingerprint density at radius 3 is 2.52 bits per heavy atom. The van der Waals surface area contributed by atoms with Gasteiger partial charge in [-0.05, 0) is 25.1 Å². The lowest BCUT2D eigenvalue weighted by atomic mass is 10.2. The zero-order valence-electron chi connectivity index (χ0n) is 12.4. The smallest absolute Gasteiger partial charge is 0.356 e. The molecule has 0 unspecified atom stereocenters. The third kappa shape index (κ3) is 4.28. The van der Waals surface area contributed by atoms with E-state index in [1.807, 2.05) is 6.92 Å². The number of ether oxygens (including phenoxy) is 1. The Bertz CT molecular complexity index is 818. The van der Waals surface area contributed by atoms with Gasteiger partial charge in [-0.1, -0.05) is 29.3 Å². The predicted octanol–water partition coefficient (Wildman–Crippen LogP) is 2.74. The number of nitrogens with zero attached hydrogens (tertiary/aromatic N) is 1. The van der Waals surface area contributed by atoms with E-state index >= 15 is 0 Å². The van der Waals surface area contributed by atoms with Gasteiger partial charge in [-0.3, -0.25) is 4.18 Å². The summed E-state index contributed by atoms with van der Waals surface area (Å²) in [6, 6.07) is 7.59. The topological polar surface area (TPSA) is 82.6 Å². The largest absolute Gasteiger partial charge is 0.464 e. The van der Waals surface area contributed by atoms with Gasteiger partial charge < -0.3 is 4.74 Å². The highest BCUT2D eigenvalue weighted by molar-refractivity contribution is 7.86. The molecule has 2 aromatic rings. The monoisotopic (exact) mass is 355 g/mol. The summed E-state index contributed by atoms with van der Waals surface area (Å²) in [7, 11) is -2.71. The van der Waals surface area contributed by atoms with Crippen molar-refractivity contribution >= 4 is 27.7 Å². The van der Waals surface area contributed by atoms with Crippen LogP contribution in [0, 0.1) is 6.92 Å². The lowest BCUT2D eigenvalue weighted by Gasteiger charge is -2.08. The SMILES string of the molecule is COC(=O)c1cc(COS(=O)(=O)c2ccc(C)cc2)c(Cl)cn1. The van der Waals surface area contributed by atoms with Gasteiger partial charge in [0.25, 0.3) is 10.1 Å². The highest BCUT2D eigenvalue weighted by Crippen LogP contribution is 2.20. The van der Waals surface area contributed by atoms with Gasteiger partial charge in [0.1, 0.15) is 5.69 Å². The summed E-state index contributed by atoms with van der Waals surface area (Å²) in [4.78, 5) is 15.3. The summed E-state index contributed by atoms with van der Waals surface area (Å²) in [5.74, 6) is -0.649. The number of aromatic nitrogens is 1. The van der Waals surface area contributed by atoms with Crippen LogP contribution in [0.2, 0.25) is 5.02 Å². The van der Waals surface area contributed by atoms with Crippen molar-refractivity contribution in [3.8, 4) is 0 Å². The molecule has 6 nitrogen and oxygen atoms in total. The van der Waals surface area contributed by atoms with E-state index in [0.717, 1.165) is 5.56 Å². The van der Waals surface area contributed by atoms with Crippen LogP contribution < -0.4 is 0 Å². The van der Waals surface area contributed by atoms with Crippen LogP contribution in [0.15, 0.2) is 41.4 Å². The lowest BCUT2D eigenvalue weighted by Crippen LogP contribution is -2.09. The Balaban J connectivity index is 2.19. The van der Waals surface area contributed by atoms with Crippen molar-refractivity contribution in [3.05, 3.63) is 58.4 Å². The highest BCUT2D eigenvalue weighted by Gasteiger charge is 2.17. The van der Waals surface area contributed by atoms with Crippen LogP contribution in [-0.2, 0) is 25.6 Å². The van der Waals surface area contributed by atoms with E-state index in [-0.39, 0.29) is 22.2 Å². The van der Waals surface area contributed by atoms with Gasteiger partial charge >= 0.3 is 5.97 Å². The number of rotatable bonds is 5. The Hall–Kier alpha value is -1.96. The van der Waals surface area contributed by atoms with Crippen LogP contribution in [0.1, 0.15) is 21.6 Å². The summed E-state index contributed by atoms with van der Waals surface area (Å²) < 4.78 is 33.8. The molecular weight excluding hydrogens is 342 g/mol. The predicted molar refractivity (Wildman–Crippen MR) is 83.7 cm³/mol. The van der Waals surface area contributed by atoms with E-state index in [1.165, 1.54) is 31.5 Å². The number of benzene rings is 1. The molecule has 1 heterocycles. The van der Waals surface area contributed by atoms with Crippen LogP contribution in [0.25, 0.3) is 0 Å². The molecule has 0 saturated heterocycles. The van der Waals surface area contributed by atoms with Gasteiger partial charge in [0.05, 0.1) is 23.6 Å². The van der Waals surface area contributed by atoms with E-state index in [4.69, 9.17) is 15.8 Å². The number of methoxy groups -OCH3 is 1. The van der Waals surface area contributed by atoms with Crippen molar-refractivity contribution in [2.75, 3.05) is 7.11 Å². The Morgan fingerprint density at radius 1 is 1.26 bits per heavy atom. The lowest BCUT2D eigenvalue weighted by molar-refractivity contribution is 0.0594. The fourth-order valence-corrected chi connectivity index (χ4v) is 2.77. The van der Waals surface area contributed by atoms with Gasteiger partial charge in [0.2, 0.25) is 0 Å². The molecule has 0 amide bonds. The first-order chi connectivity index (χ1) is 10.8. The third-order valence-corrected chi connectivity index (χ3v) is 4.63. The molecule has 8 heteroatoms. The van der Waals surface area contributed by atoms with Crippen LogP contribution in [0.5, 0.6) is 0 Å². The molecule has 122 valence electrons. The first-order valence-corrected chi connectivity index (χ1v) is 8.31. The first kappa shape index (κ1) is 17.4. The van der Waals surface area contributed by atoms with Crippen LogP contribution >= 0.6 is 11.6 Å². The molecule has 1 aromatic carbocycles. The number of esters is 1. The fourth-order valence-electron chi connectivity index (χ4n) is 1.72. The molecule has 0 aliphatic heterocycles. The quantitative estimate of drug-likeness (QED) is 0.605. The molecular formula is C15H14ClNO5S. The Kier molecular flexibility index (Phi) is 5.35. The summed E-state index contributed by atoms with van der Waals surface area (Å²) in [6.07, 6.45) is 1.24. The minimum atomic E-state index is -3.93. The van der Waals surface area contributed by atoms with E-state index < -0.39 is 16.1 Å². The second-order valence-electron chi connectivity index (χ2n) is 4.68. The molecule has 23 heavy (non-hydrogen) atoms. The minimum Gasteiger partial charge on any atom is -0.464 e. The van der Waals surface area contributed by atoms with Crippen LogP contribution in [-0.4, -0.2) is 26.5 Å². The number of pyridine rings is 1. The van der Waals surface area contributed by atoms with Gasteiger partial charge in [0.15, 0.2) is 0 Å². The molecule has 0 bridgehead atoms. The molecule has 0 spiro atoms. The molecule has 0 atom stereocenters. The van der Waals surface area contributed by atoms with Crippen molar-refractivity contribution in [1.82, 2.24) is 4.98 Å². The number of carbonyl (C=O) groups is 1. The number of halogens is 1. The number of carbonyl (C=O) groups excluding carboxylic acids is 1. The maximum atomic E-state index is 12.1. The molecule has 0 aliphatic carbocycles. The van der Waals surface area contributed by atoms with Crippen molar-refractivity contribution in [3.63, 3.8) is 0 Å². The van der Waals surface area contributed by atoms with Crippen molar-refractivity contribution in [1.29, 1.82) is 0 Å². The molecule has 0 radical (unpaired) electrons. The highest BCUT2D eigenvalue weighted by atomic mass is 35.5. The maximum Gasteiger partial charge on any atom is 0.356 e. The number of aryl methyl sites for hydroxylation is 1. The van der Waals surface area contributed by atoms with Crippen molar-refractivity contribution < 1.29 is 22.1 Å². The van der Waals surface area contributed by atoms with E-state index in [2.05, 4.69) is 9.72 Å². The van der Waals surface area contributed by atoms with E-state index in [0.29, 0.717) is 5.56 Å². The summed E-state index contributed by atoms with van der Waals surface area (Å²) in [6.45, 7) is 1.53. The summed E-state index contributed by atoms with van der Waals surface area (Å²) in [5, 5.41) is 0.191. The summed E-state index contributed by atoms with van der Waals surface area (Å²) in [5.41, 5.74) is 1.27. The van der Waals surface area contributed by atoms with Crippen LogP contribution in [0.4, 0.5) is 0 Å². The second kappa shape index (κ2) is 7.08. The number of hydrogen-bond acceptors (Lipinski definition) is 6. The minimum absolute atomic E-state index is 0.0169. The zero-order chi connectivity index (χ0) is 17.0. The third-order valence-electron chi connectivity index (χ3n) is 3.01. The first-order valence-electron chi connectivity index (χ1n) is 6.52. The van der Waals surface area contributed by atoms with E-state index in [9.17, 15) is 13.2 Å². The van der Waals surface area contributed by atoms with Gasteiger partial charge in [0, 0.05) is 11.8 Å². The van der Waals surface area contributed by atoms with Crippen molar-refractivity contribution in [2.24, 2.45) is 0 Å². The molecule has 0 fully saturated rings. The van der Waals surface area contributed by atoms with E-state index in [1.54, 1.807) is 12.1 Å².